The van der Waals surface area contributed by atoms with Crippen LogP contribution in [0.3, 0.4) is 0 Å². The Balaban J connectivity index is 1.47. The monoisotopic (exact) mass is 466 g/mol. The van der Waals surface area contributed by atoms with Crippen LogP contribution in [0.5, 0.6) is 0 Å². The third-order valence-electron chi connectivity index (χ3n) is 5.22. The van der Waals surface area contributed by atoms with E-state index in [2.05, 4.69) is 21.3 Å². The molecular weight excluding hydrogens is 432 g/mol. The topological polar surface area (TPSA) is 222 Å². The van der Waals surface area contributed by atoms with Crippen molar-refractivity contribution in [3.05, 3.63) is 0 Å². The van der Waals surface area contributed by atoms with Crippen molar-refractivity contribution in [3.63, 3.8) is 0 Å². The third kappa shape index (κ3) is 7.97. The normalized spacial score (nSPS) is 35.1. The SMILES string of the molecule is O=C(NCCCCCCNC(=O)N[C@H]1OC[C@@H](O)[C@@H](O)[C@H]1O)N[C@@H]1OC[C@@H](O)[C@H](O)[C@@H]1O. The Kier molecular flexibility index (Phi) is 10.8. The lowest BCUT2D eigenvalue weighted by Crippen LogP contribution is -2.60. The van der Waals surface area contributed by atoms with Gasteiger partial charge < -0.3 is 61.4 Å². The number of rotatable bonds is 9. The molecule has 32 heavy (non-hydrogen) atoms. The van der Waals surface area contributed by atoms with Gasteiger partial charge in [-0.2, -0.15) is 0 Å². The van der Waals surface area contributed by atoms with Gasteiger partial charge in [0.15, 0.2) is 12.5 Å². The van der Waals surface area contributed by atoms with Gasteiger partial charge in [-0.05, 0) is 12.8 Å². The Hall–Kier alpha value is -1.78. The highest BCUT2D eigenvalue weighted by Crippen LogP contribution is 2.14. The number of aliphatic hydroxyl groups excluding tert-OH is 6. The van der Waals surface area contributed by atoms with Crippen molar-refractivity contribution in [2.75, 3.05) is 26.3 Å². The molecule has 14 nitrogen and oxygen atoms in total. The maximum atomic E-state index is 11.8. The molecule has 0 aliphatic carbocycles. The highest BCUT2D eigenvalue weighted by molar-refractivity contribution is 5.74. The van der Waals surface area contributed by atoms with Gasteiger partial charge in [0, 0.05) is 13.1 Å². The van der Waals surface area contributed by atoms with Crippen molar-refractivity contribution in [1.82, 2.24) is 21.3 Å². The maximum absolute atomic E-state index is 11.8. The summed E-state index contributed by atoms with van der Waals surface area (Å²) in [7, 11) is 0. The molecule has 2 fully saturated rings. The molecule has 2 rings (SSSR count). The lowest BCUT2D eigenvalue weighted by Gasteiger charge is -2.35. The summed E-state index contributed by atoms with van der Waals surface area (Å²) < 4.78 is 10.2. The average molecular weight is 466 g/mol. The number of ether oxygens (including phenoxy) is 2. The zero-order valence-corrected chi connectivity index (χ0v) is 17.6. The molecule has 0 spiro atoms. The lowest BCUT2D eigenvalue weighted by molar-refractivity contribution is -0.191. The maximum Gasteiger partial charge on any atom is 0.316 e. The molecule has 2 aliphatic heterocycles. The van der Waals surface area contributed by atoms with Crippen LogP contribution in [0.4, 0.5) is 9.59 Å². The van der Waals surface area contributed by atoms with Gasteiger partial charge in [0.25, 0.3) is 0 Å². The molecule has 2 saturated heterocycles. The van der Waals surface area contributed by atoms with Crippen molar-refractivity contribution in [3.8, 4) is 0 Å². The van der Waals surface area contributed by atoms with Gasteiger partial charge in [0.1, 0.15) is 36.6 Å². The van der Waals surface area contributed by atoms with E-state index in [1.54, 1.807) is 0 Å². The highest BCUT2D eigenvalue weighted by atomic mass is 16.5. The van der Waals surface area contributed by atoms with Crippen molar-refractivity contribution >= 4 is 12.1 Å². The van der Waals surface area contributed by atoms with Gasteiger partial charge in [-0.25, -0.2) is 9.59 Å². The van der Waals surface area contributed by atoms with Crippen molar-refractivity contribution in [2.24, 2.45) is 0 Å². The van der Waals surface area contributed by atoms with Crippen LogP contribution in [0, 0.1) is 0 Å². The zero-order chi connectivity index (χ0) is 23.7. The van der Waals surface area contributed by atoms with Crippen LogP contribution in [-0.2, 0) is 9.47 Å². The predicted molar refractivity (Wildman–Crippen MR) is 107 cm³/mol. The van der Waals surface area contributed by atoms with Gasteiger partial charge in [-0.15, -0.1) is 0 Å². The van der Waals surface area contributed by atoms with Crippen LogP contribution in [0.2, 0.25) is 0 Å². The molecule has 0 bridgehead atoms. The Morgan fingerprint density at radius 3 is 1.38 bits per heavy atom. The Labute approximate surface area is 184 Å². The first-order valence-electron chi connectivity index (χ1n) is 10.6. The summed E-state index contributed by atoms with van der Waals surface area (Å²) in [5, 5.41) is 67.4. The summed E-state index contributed by atoms with van der Waals surface area (Å²) in [6, 6.07) is -1.14. The number of hydrogen-bond donors (Lipinski definition) is 10. The van der Waals surface area contributed by atoms with Crippen LogP contribution >= 0.6 is 0 Å². The number of amides is 4. The van der Waals surface area contributed by atoms with Gasteiger partial charge in [0.2, 0.25) is 0 Å². The van der Waals surface area contributed by atoms with E-state index in [1.807, 2.05) is 0 Å². The van der Waals surface area contributed by atoms with Crippen LogP contribution in [0.15, 0.2) is 0 Å². The van der Waals surface area contributed by atoms with E-state index < -0.39 is 61.1 Å². The van der Waals surface area contributed by atoms with E-state index in [4.69, 9.17) is 9.47 Å². The van der Waals surface area contributed by atoms with Crippen molar-refractivity contribution in [2.45, 2.75) is 74.8 Å². The third-order valence-corrected chi connectivity index (χ3v) is 5.22. The summed E-state index contributed by atoms with van der Waals surface area (Å²) in [5.74, 6) is 0. The number of aliphatic hydroxyl groups is 6. The molecule has 8 atom stereocenters. The molecule has 0 aromatic rings. The van der Waals surface area contributed by atoms with Gasteiger partial charge >= 0.3 is 12.1 Å². The molecule has 186 valence electrons. The number of carbonyl (C=O) groups excluding carboxylic acids is 2. The van der Waals surface area contributed by atoms with Crippen LogP contribution in [0.25, 0.3) is 0 Å². The van der Waals surface area contributed by atoms with Crippen LogP contribution in [0.1, 0.15) is 25.7 Å². The summed E-state index contributed by atoms with van der Waals surface area (Å²) in [6.45, 7) is 0.348. The standard InChI is InChI=1S/C18H34N4O10/c23-9-7-31-15(13(27)11(9)25)21-17(29)19-5-3-1-2-4-6-20-18(30)22-16-14(28)12(26)10(24)8-32-16/h9-16,23-28H,1-8H2,(H2,19,21,29)(H2,20,22,30)/t9-,10-,11-,12+,13-,14+,15+,16-/m1/s1. The first-order chi connectivity index (χ1) is 15.2. The molecule has 0 radical (unpaired) electrons. The quantitative estimate of drug-likeness (QED) is 0.148. The van der Waals surface area contributed by atoms with E-state index in [-0.39, 0.29) is 13.2 Å². The van der Waals surface area contributed by atoms with E-state index >= 15 is 0 Å². The fraction of sp³-hybridized carbons (Fsp3) is 0.889. The van der Waals surface area contributed by atoms with Gasteiger partial charge in [0.05, 0.1) is 13.2 Å². The largest absolute Gasteiger partial charge is 0.388 e. The van der Waals surface area contributed by atoms with Crippen molar-refractivity contribution < 1.29 is 49.7 Å². The smallest absolute Gasteiger partial charge is 0.316 e. The Bertz CT molecular complexity index is 550. The zero-order valence-electron chi connectivity index (χ0n) is 17.6. The molecule has 0 saturated carbocycles. The second-order valence-electron chi connectivity index (χ2n) is 7.82. The minimum absolute atomic E-state index is 0.200. The lowest BCUT2D eigenvalue weighted by atomic mass is 10.0. The fourth-order valence-corrected chi connectivity index (χ4v) is 3.23. The molecule has 2 aliphatic rings. The fourth-order valence-electron chi connectivity index (χ4n) is 3.23. The van der Waals surface area contributed by atoms with Gasteiger partial charge in [-0.1, -0.05) is 12.8 Å². The molecular formula is C18H34N4O10. The van der Waals surface area contributed by atoms with Crippen LogP contribution < -0.4 is 21.3 Å². The average Bonchev–Trinajstić information content (AvgIpc) is 2.76. The number of urea groups is 2. The first kappa shape index (κ1) is 26.5. The Morgan fingerprint density at radius 1 is 0.625 bits per heavy atom. The molecule has 0 unspecified atom stereocenters. The number of carbonyl (C=O) groups is 2. The molecule has 2 heterocycles. The first-order valence-corrected chi connectivity index (χ1v) is 10.6. The second kappa shape index (κ2) is 13.1. The second-order valence-corrected chi connectivity index (χ2v) is 7.82. The summed E-state index contributed by atoms with van der Waals surface area (Å²) in [6.07, 6.45) is -7.38. The number of unbranched alkanes of at least 4 members (excludes halogenated alkanes) is 3. The molecule has 0 aromatic heterocycles. The van der Waals surface area contributed by atoms with Gasteiger partial charge in [-0.3, -0.25) is 0 Å². The Morgan fingerprint density at radius 2 is 1.00 bits per heavy atom. The highest BCUT2D eigenvalue weighted by Gasteiger charge is 2.39. The number of hydrogen-bond acceptors (Lipinski definition) is 10. The van der Waals surface area contributed by atoms with E-state index in [1.165, 1.54) is 0 Å². The molecule has 10 N–H and O–H groups in total. The van der Waals surface area contributed by atoms with E-state index in [0.29, 0.717) is 25.9 Å². The van der Waals surface area contributed by atoms with Crippen molar-refractivity contribution in [1.29, 1.82) is 0 Å². The molecule has 4 amide bonds. The summed E-state index contributed by atoms with van der Waals surface area (Å²) in [5.41, 5.74) is 0. The minimum Gasteiger partial charge on any atom is -0.388 e. The summed E-state index contributed by atoms with van der Waals surface area (Å²) >= 11 is 0. The molecule has 14 heteroatoms. The molecule has 0 aromatic carbocycles. The minimum atomic E-state index is -1.43. The predicted octanol–water partition coefficient (Wildman–Crippen LogP) is -3.98. The van der Waals surface area contributed by atoms with E-state index in [0.717, 1.165) is 12.8 Å². The number of nitrogens with one attached hydrogen (secondary N) is 4. The summed E-state index contributed by atoms with van der Waals surface area (Å²) in [4.78, 5) is 23.6. The van der Waals surface area contributed by atoms with Crippen LogP contribution in [-0.4, -0.2) is 118 Å². The van der Waals surface area contributed by atoms with E-state index in [9.17, 15) is 40.2 Å².